The number of nitrogens with zero attached hydrogens (tertiary/aromatic N) is 3. The number of carbonyl (C=O) groups excluding carboxylic acids is 2. The summed E-state index contributed by atoms with van der Waals surface area (Å²) in [4.78, 5) is 26.1. The van der Waals surface area contributed by atoms with Crippen LogP contribution in [0.25, 0.3) is 11.4 Å². The highest BCUT2D eigenvalue weighted by atomic mass is 32.1. The largest absolute Gasteiger partial charge is 0.494 e. The summed E-state index contributed by atoms with van der Waals surface area (Å²) in [6, 6.07) is 14.4. The maximum Gasteiger partial charge on any atom is 0.253 e. The van der Waals surface area contributed by atoms with E-state index in [0.717, 1.165) is 11.3 Å². The molecular formula is C22H25N5O3S. The van der Waals surface area contributed by atoms with Crippen molar-refractivity contribution in [2.75, 3.05) is 26.0 Å². The molecule has 0 radical (unpaired) electrons. The molecule has 3 rings (SSSR count). The lowest BCUT2D eigenvalue weighted by molar-refractivity contribution is -0.116. The summed E-state index contributed by atoms with van der Waals surface area (Å²) >= 11 is 5.34. The van der Waals surface area contributed by atoms with Crippen molar-refractivity contribution in [3.63, 3.8) is 0 Å². The van der Waals surface area contributed by atoms with Gasteiger partial charge in [0.1, 0.15) is 5.75 Å². The molecule has 9 heteroatoms. The second kappa shape index (κ2) is 10.0. The van der Waals surface area contributed by atoms with E-state index in [1.165, 1.54) is 4.90 Å². The van der Waals surface area contributed by atoms with Crippen LogP contribution >= 0.6 is 12.2 Å². The molecule has 0 aliphatic rings. The number of hydrogen-bond donors (Lipinski definition) is 2. The van der Waals surface area contributed by atoms with Crippen molar-refractivity contribution < 1.29 is 14.3 Å². The Hall–Kier alpha value is -3.46. The van der Waals surface area contributed by atoms with E-state index in [-0.39, 0.29) is 18.2 Å². The van der Waals surface area contributed by atoms with Crippen molar-refractivity contribution in [1.82, 2.24) is 19.7 Å². The van der Waals surface area contributed by atoms with Crippen molar-refractivity contribution in [2.45, 2.75) is 19.9 Å². The highest BCUT2D eigenvalue weighted by Crippen LogP contribution is 2.21. The highest BCUT2D eigenvalue weighted by Gasteiger charge is 2.13. The second-order valence-corrected chi connectivity index (χ2v) is 7.43. The van der Waals surface area contributed by atoms with Crippen molar-refractivity contribution in [1.29, 1.82) is 0 Å². The Bertz CT molecular complexity index is 1120. The topological polar surface area (TPSA) is 92.2 Å². The van der Waals surface area contributed by atoms with Gasteiger partial charge in [-0.1, -0.05) is 6.07 Å². The first-order valence-electron chi connectivity index (χ1n) is 9.89. The Kier molecular flexibility index (Phi) is 7.19. The van der Waals surface area contributed by atoms with Crippen molar-refractivity contribution in [2.24, 2.45) is 0 Å². The lowest BCUT2D eigenvalue weighted by Crippen LogP contribution is -2.22. The van der Waals surface area contributed by atoms with E-state index in [2.05, 4.69) is 15.5 Å². The molecule has 31 heavy (non-hydrogen) atoms. The summed E-state index contributed by atoms with van der Waals surface area (Å²) in [7, 11) is 3.37. The van der Waals surface area contributed by atoms with Crippen LogP contribution in [0.4, 0.5) is 5.69 Å². The fourth-order valence-corrected chi connectivity index (χ4v) is 3.26. The summed E-state index contributed by atoms with van der Waals surface area (Å²) < 4.78 is 7.70. The molecule has 0 saturated heterocycles. The molecule has 0 bridgehead atoms. The summed E-state index contributed by atoms with van der Waals surface area (Å²) in [5.41, 5.74) is 1.95. The molecule has 0 aliphatic carbocycles. The minimum atomic E-state index is -0.185. The van der Waals surface area contributed by atoms with Gasteiger partial charge in [0.15, 0.2) is 10.6 Å². The van der Waals surface area contributed by atoms with E-state index in [1.807, 2.05) is 31.2 Å². The number of carbonyl (C=O) groups is 2. The number of anilines is 1. The molecule has 8 nitrogen and oxygen atoms in total. The number of aromatic nitrogens is 3. The van der Waals surface area contributed by atoms with Crippen LogP contribution in [-0.4, -0.2) is 52.2 Å². The molecule has 162 valence electrons. The Labute approximate surface area is 185 Å². The lowest BCUT2D eigenvalue weighted by atomic mass is 10.1. The fourth-order valence-electron chi connectivity index (χ4n) is 3.04. The van der Waals surface area contributed by atoms with E-state index < -0.39 is 0 Å². The third kappa shape index (κ3) is 5.58. The van der Waals surface area contributed by atoms with Crippen molar-refractivity contribution >= 4 is 29.7 Å². The maximum absolute atomic E-state index is 12.5. The predicted octanol–water partition coefficient (Wildman–Crippen LogP) is 3.74. The fraction of sp³-hybridized carbons (Fsp3) is 0.273. The molecule has 3 aromatic rings. The van der Waals surface area contributed by atoms with Crippen LogP contribution in [0.15, 0.2) is 48.5 Å². The molecule has 2 aromatic carbocycles. The summed E-state index contributed by atoms with van der Waals surface area (Å²) in [6.45, 7) is 2.89. The molecule has 0 saturated carbocycles. The summed E-state index contributed by atoms with van der Waals surface area (Å²) in [5, 5.41) is 9.93. The van der Waals surface area contributed by atoms with Gasteiger partial charge in [-0.25, -0.2) is 0 Å². The Morgan fingerprint density at radius 3 is 2.61 bits per heavy atom. The van der Waals surface area contributed by atoms with Crippen LogP contribution in [-0.2, 0) is 11.3 Å². The second-order valence-electron chi connectivity index (χ2n) is 7.04. The number of rotatable bonds is 8. The van der Waals surface area contributed by atoms with E-state index in [0.29, 0.717) is 35.0 Å². The molecule has 2 N–H and O–H groups in total. The molecule has 0 aliphatic heterocycles. The standard InChI is InChI=1S/C22H25N5O3S/c1-4-30-18-10-8-15(9-11-18)20-24-25-22(31)27(20)13-12-19(28)23-17-7-5-6-16(14-17)21(29)26(2)3/h5-11,14H,4,12-13H2,1-3H3,(H,23,28)(H,25,31). The predicted molar refractivity (Wildman–Crippen MR) is 122 cm³/mol. The zero-order chi connectivity index (χ0) is 22.4. The number of amides is 2. The quantitative estimate of drug-likeness (QED) is 0.522. The minimum absolute atomic E-state index is 0.124. The number of H-pyrrole nitrogens is 1. The maximum atomic E-state index is 12.5. The van der Waals surface area contributed by atoms with E-state index in [4.69, 9.17) is 17.0 Å². The van der Waals surface area contributed by atoms with Crippen LogP contribution in [0, 0.1) is 4.77 Å². The average Bonchev–Trinajstić information content (AvgIpc) is 3.13. The molecule has 0 atom stereocenters. The van der Waals surface area contributed by atoms with Gasteiger partial charge >= 0.3 is 0 Å². The molecule has 0 fully saturated rings. The molecule has 2 amide bonds. The van der Waals surface area contributed by atoms with Gasteiger partial charge in [0.05, 0.1) is 6.61 Å². The Morgan fingerprint density at radius 1 is 1.19 bits per heavy atom. The van der Waals surface area contributed by atoms with Gasteiger partial charge in [-0.2, -0.15) is 5.10 Å². The monoisotopic (exact) mass is 439 g/mol. The Morgan fingerprint density at radius 2 is 1.94 bits per heavy atom. The third-order valence-corrected chi connectivity index (χ3v) is 4.86. The van der Waals surface area contributed by atoms with Gasteiger partial charge in [-0.05, 0) is 61.6 Å². The van der Waals surface area contributed by atoms with Gasteiger partial charge in [-0.3, -0.25) is 19.3 Å². The van der Waals surface area contributed by atoms with Crippen LogP contribution in [0.5, 0.6) is 5.75 Å². The molecular weight excluding hydrogens is 414 g/mol. The van der Waals surface area contributed by atoms with Gasteiger partial charge in [0.25, 0.3) is 5.91 Å². The third-order valence-electron chi connectivity index (χ3n) is 4.54. The SMILES string of the molecule is CCOc1ccc(-c2n[nH]c(=S)n2CCC(=O)Nc2cccc(C(=O)N(C)C)c2)cc1. The molecule has 0 spiro atoms. The van der Waals surface area contributed by atoms with Gasteiger partial charge in [0, 0.05) is 43.9 Å². The lowest BCUT2D eigenvalue weighted by Gasteiger charge is -2.12. The first-order chi connectivity index (χ1) is 14.9. The number of hydrogen-bond acceptors (Lipinski definition) is 5. The Balaban J connectivity index is 1.67. The van der Waals surface area contributed by atoms with Crippen LogP contribution in [0.2, 0.25) is 0 Å². The van der Waals surface area contributed by atoms with Gasteiger partial charge < -0.3 is 15.0 Å². The van der Waals surface area contributed by atoms with E-state index in [1.54, 1.807) is 42.9 Å². The number of benzene rings is 2. The zero-order valence-electron chi connectivity index (χ0n) is 17.7. The number of nitrogens with one attached hydrogen (secondary N) is 2. The first kappa shape index (κ1) is 22.2. The number of aromatic amines is 1. The van der Waals surface area contributed by atoms with Gasteiger partial charge in [-0.15, -0.1) is 0 Å². The molecule has 0 unspecified atom stereocenters. The molecule has 1 heterocycles. The van der Waals surface area contributed by atoms with Crippen molar-refractivity contribution in [3.8, 4) is 17.1 Å². The van der Waals surface area contributed by atoms with Crippen molar-refractivity contribution in [3.05, 3.63) is 58.9 Å². The van der Waals surface area contributed by atoms with E-state index >= 15 is 0 Å². The smallest absolute Gasteiger partial charge is 0.253 e. The van der Waals surface area contributed by atoms with Crippen LogP contribution < -0.4 is 10.1 Å². The zero-order valence-corrected chi connectivity index (χ0v) is 18.5. The average molecular weight is 440 g/mol. The van der Waals surface area contributed by atoms with E-state index in [9.17, 15) is 9.59 Å². The van der Waals surface area contributed by atoms with Crippen LogP contribution in [0.1, 0.15) is 23.7 Å². The number of ether oxygens (including phenoxy) is 1. The summed E-state index contributed by atoms with van der Waals surface area (Å²) in [5.74, 6) is 1.12. The highest BCUT2D eigenvalue weighted by molar-refractivity contribution is 7.71. The minimum Gasteiger partial charge on any atom is -0.494 e. The van der Waals surface area contributed by atoms with Crippen LogP contribution in [0.3, 0.4) is 0 Å². The van der Waals surface area contributed by atoms with Gasteiger partial charge in [0.2, 0.25) is 5.91 Å². The normalized spacial score (nSPS) is 10.5. The molecule has 1 aromatic heterocycles. The summed E-state index contributed by atoms with van der Waals surface area (Å²) in [6.07, 6.45) is 0.198. The first-order valence-corrected chi connectivity index (χ1v) is 10.3.